The summed E-state index contributed by atoms with van der Waals surface area (Å²) < 4.78 is 0. The molecule has 0 amide bonds. The van der Waals surface area contributed by atoms with Crippen LogP contribution >= 0.6 is 0 Å². The summed E-state index contributed by atoms with van der Waals surface area (Å²) >= 11 is 0. The number of nitrogens with one attached hydrogen (secondary N) is 1. The largest absolute Gasteiger partial charge is 0.310 e. The van der Waals surface area contributed by atoms with E-state index in [0.717, 1.165) is 18.4 Å². The summed E-state index contributed by atoms with van der Waals surface area (Å²) in [7, 11) is 0. The maximum Gasteiger partial charge on any atom is 0.0354 e. The molecular formula is C15H23N. The number of hydrogen-bond acceptors (Lipinski definition) is 1. The number of benzene rings is 1. The van der Waals surface area contributed by atoms with Gasteiger partial charge in [-0.2, -0.15) is 0 Å². The molecule has 1 aliphatic carbocycles. The van der Waals surface area contributed by atoms with Crippen LogP contribution in [-0.4, -0.2) is 6.54 Å². The zero-order valence-electron chi connectivity index (χ0n) is 10.7. The van der Waals surface area contributed by atoms with Crippen LogP contribution in [0.25, 0.3) is 0 Å². The quantitative estimate of drug-likeness (QED) is 0.813. The zero-order valence-corrected chi connectivity index (χ0v) is 10.7. The van der Waals surface area contributed by atoms with E-state index in [1.807, 2.05) is 0 Å². The van der Waals surface area contributed by atoms with Crippen molar-refractivity contribution < 1.29 is 0 Å². The minimum atomic E-state index is 0.587. The summed E-state index contributed by atoms with van der Waals surface area (Å²) in [5.74, 6) is 1.58. The second-order valence-electron chi connectivity index (χ2n) is 5.33. The van der Waals surface area contributed by atoms with E-state index in [0.29, 0.717) is 6.04 Å². The Kier molecular flexibility index (Phi) is 3.65. The molecule has 2 unspecified atom stereocenters. The number of fused-ring (bicyclic) bond motifs is 1. The van der Waals surface area contributed by atoms with Gasteiger partial charge in [-0.05, 0) is 42.3 Å². The second-order valence-corrected chi connectivity index (χ2v) is 5.33. The lowest BCUT2D eigenvalue weighted by Crippen LogP contribution is -2.26. The van der Waals surface area contributed by atoms with Crippen LogP contribution in [0.2, 0.25) is 0 Å². The molecule has 0 heterocycles. The van der Waals surface area contributed by atoms with E-state index in [1.54, 1.807) is 5.56 Å². The summed E-state index contributed by atoms with van der Waals surface area (Å²) in [4.78, 5) is 0. The molecule has 0 saturated heterocycles. The molecule has 1 N–H and O–H groups in total. The van der Waals surface area contributed by atoms with Gasteiger partial charge in [0, 0.05) is 6.04 Å². The van der Waals surface area contributed by atoms with Crippen LogP contribution in [0.15, 0.2) is 24.3 Å². The summed E-state index contributed by atoms with van der Waals surface area (Å²) in [6.07, 6.45) is 2.58. The van der Waals surface area contributed by atoms with Gasteiger partial charge in [0.25, 0.3) is 0 Å². The average molecular weight is 217 g/mol. The maximum absolute atomic E-state index is 3.66. The summed E-state index contributed by atoms with van der Waals surface area (Å²) in [5.41, 5.74) is 3.09. The Morgan fingerprint density at radius 3 is 2.75 bits per heavy atom. The standard InChI is InChI=1S/C15H23N/c1-4-16-15-13(9-11(2)3)10-12-7-5-6-8-14(12)15/h5-8,11,13,15-16H,4,9-10H2,1-3H3. The van der Waals surface area contributed by atoms with E-state index in [-0.39, 0.29) is 0 Å². The van der Waals surface area contributed by atoms with Crippen molar-refractivity contribution in [2.24, 2.45) is 11.8 Å². The highest BCUT2D eigenvalue weighted by Crippen LogP contribution is 2.39. The van der Waals surface area contributed by atoms with Gasteiger partial charge in [-0.25, -0.2) is 0 Å². The predicted octanol–water partition coefficient (Wildman–Crippen LogP) is 3.56. The first kappa shape index (κ1) is 11.7. The molecule has 0 fully saturated rings. The smallest absolute Gasteiger partial charge is 0.0354 e. The number of rotatable bonds is 4. The molecular weight excluding hydrogens is 194 g/mol. The fourth-order valence-electron chi connectivity index (χ4n) is 3.00. The molecule has 2 atom stereocenters. The van der Waals surface area contributed by atoms with E-state index < -0.39 is 0 Å². The molecule has 1 aromatic rings. The van der Waals surface area contributed by atoms with Gasteiger partial charge in [0.1, 0.15) is 0 Å². The van der Waals surface area contributed by atoms with Crippen LogP contribution in [0.5, 0.6) is 0 Å². The third kappa shape index (κ3) is 2.30. The van der Waals surface area contributed by atoms with E-state index in [2.05, 4.69) is 50.4 Å². The van der Waals surface area contributed by atoms with Gasteiger partial charge in [0.15, 0.2) is 0 Å². The van der Waals surface area contributed by atoms with Crippen molar-refractivity contribution in [3.05, 3.63) is 35.4 Å². The average Bonchev–Trinajstić information content (AvgIpc) is 2.57. The van der Waals surface area contributed by atoms with Gasteiger partial charge in [-0.15, -0.1) is 0 Å². The molecule has 0 radical (unpaired) electrons. The van der Waals surface area contributed by atoms with E-state index in [4.69, 9.17) is 0 Å². The Hall–Kier alpha value is -0.820. The van der Waals surface area contributed by atoms with Crippen molar-refractivity contribution in [3.8, 4) is 0 Å². The maximum atomic E-state index is 3.66. The third-order valence-electron chi connectivity index (χ3n) is 3.54. The Morgan fingerprint density at radius 2 is 2.06 bits per heavy atom. The monoisotopic (exact) mass is 217 g/mol. The van der Waals surface area contributed by atoms with Crippen LogP contribution < -0.4 is 5.32 Å². The minimum absolute atomic E-state index is 0.587. The third-order valence-corrected chi connectivity index (χ3v) is 3.54. The lowest BCUT2D eigenvalue weighted by Gasteiger charge is -2.22. The lowest BCUT2D eigenvalue weighted by molar-refractivity contribution is 0.332. The van der Waals surface area contributed by atoms with Crippen molar-refractivity contribution in [2.75, 3.05) is 6.54 Å². The lowest BCUT2D eigenvalue weighted by atomic mass is 9.91. The molecule has 88 valence electrons. The fraction of sp³-hybridized carbons (Fsp3) is 0.600. The molecule has 1 aromatic carbocycles. The van der Waals surface area contributed by atoms with Gasteiger partial charge >= 0.3 is 0 Å². The first-order valence-corrected chi connectivity index (χ1v) is 6.53. The Bertz CT molecular complexity index is 343. The van der Waals surface area contributed by atoms with Crippen molar-refractivity contribution in [1.29, 1.82) is 0 Å². The van der Waals surface area contributed by atoms with Crippen molar-refractivity contribution in [2.45, 2.75) is 39.7 Å². The van der Waals surface area contributed by atoms with Crippen molar-refractivity contribution >= 4 is 0 Å². The molecule has 0 saturated carbocycles. The summed E-state index contributed by atoms with van der Waals surface area (Å²) in [6, 6.07) is 9.51. The van der Waals surface area contributed by atoms with Crippen LogP contribution in [0, 0.1) is 11.8 Å². The fourth-order valence-corrected chi connectivity index (χ4v) is 3.00. The molecule has 1 heteroatoms. The van der Waals surface area contributed by atoms with Gasteiger partial charge in [-0.3, -0.25) is 0 Å². The van der Waals surface area contributed by atoms with Crippen LogP contribution in [0.4, 0.5) is 0 Å². The highest BCUT2D eigenvalue weighted by molar-refractivity contribution is 5.35. The first-order chi connectivity index (χ1) is 7.72. The Balaban J connectivity index is 2.19. The molecule has 0 aliphatic heterocycles. The summed E-state index contributed by atoms with van der Waals surface area (Å²) in [6.45, 7) is 7.92. The first-order valence-electron chi connectivity index (χ1n) is 6.53. The molecule has 1 nitrogen and oxygen atoms in total. The Labute approximate surface area is 99.3 Å². The highest BCUT2D eigenvalue weighted by Gasteiger charge is 2.31. The molecule has 1 aliphatic rings. The highest BCUT2D eigenvalue weighted by atomic mass is 14.9. The van der Waals surface area contributed by atoms with E-state index in [9.17, 15) is 0 Å². The van der Waals surface area contributed by atoms with Gasteiger partial charge in [0.2, 0.25) is 0 Å². The van der Waals surface area contributed by atoms with Gasteiger partial charge in [-0.1, -0.05) is 45.0 Å². The topological polar surface area (TPSA) is 12.0 Å². The SMILES string of the molecule is CCNC1c2ccccc2CC1CC(C)C. The van der Waals surface area contributed by atoms with Crippen LogP contribution in [0.1, 0.15) is 44.4 Å². The minimum Gasteiger partial charge on any atom is -0.310 e. The van der Waals surface area contributed by atoms with Crippen molar-refractivity contribution in [3.63, 3.8) is 0 Å². The van der Waals surface area contributed by atoms with Crippen LogP contribution in [-0.2, 0) is 6.42 Å². The molecule has 0 spiro atoms. The predicted molar refractivity (Wildman–Crippen MR) is 69.5 cm³/mol. The summed E-state index contributed by atoms with van der Waals surface area (Å²) in [5, 5.41) is 3.66. The Morgan fingerprint density at radius 1 is 1.31 bits per heavy atom. The molecule has 2 rings (SSSR count). The second kappa shape index (κ2) is 5.01. The van der Waals surface area contributed by atoms with Crippen molar-refractivity contribution in [1.82, 2.24) is 5.32 Å². The van der Waals surface area contributed by atoms with E-state index in [1.165, 1.54) is 18.4 Å². The van der Waals surface area contributed by atoms with E-state index >= 15 is 0 Å². The van der Waals surface area contributed by atoms with Gasteiger partial charge in [0.05, 0.1) is 0 Å². The van der Waals surface area contributed by atoms with Crippen LogP contribution in [0.3, 0.4) is 0 Å². The molecule has 0 aromatic heterocycles. The normalized spacial score (nSPS) is 23.8. The van der Waals surface area contributed by atoms with Gasteiger partial charge < -0.3 is 5.32 Å². The number of hydrogen-bond donors (Lipinski definition) is 1. The molecule has 16 heavy (non-hydrogen) atoms. The molecule has 0 bridgehead atoms. The zero-order chi connectivity index (χ0) is 11.5.